The van der Waals surface area contributed by atoms with E-state index in [0.717, 1.165) is 10.4 Å². The van der Waals surface area contributed by atoms with Crippen LogP contribution in [0.1, 0.15) is 34.6 Å². The van der Waals surface area contributed by atoms with Crippen LogP contribution in [0.3, 0.4) is 0 Å². The molecule has 1 aromatic heterocycles. The lowest BCUT2D eigenvalue weighted by Crippen LogP contribution is -2.08. The molecule has 0 saturated carbocycles. The van der Waals surface area contributed by atoms with Gasteiger partial charge in [0.15, 0.2) is 0 Å². The Morgan fingerprint density at radius 3 is 2.55 bits per heavy atom. The number of ether oxygens (including phenoxy) is 1. The zero-order valence-corrected chi connectivity index (χ0v) is 12.4. The van der Waals surface area contributed by atoms with Gasteiger partial charge in [-0.1, -0.05) is 6.92 Å². The number of carbonyl (C=O) groups is 1. The van der Waals surface area contributed by atoms with Crippen molar-refractivity contribution in [2.75, 3.05) is 11.9 Å². The van der Waals surface area contributed by atoms with Gasteiger partial charge in [-0.05, 0) is 25.8 Å². The molecule has 20 heavy (non-hydrogen) atoms. The third-order valence-electron chi connectivity index (χ3n) is 2.63. The number of thiophene rings is 1. The average Bonchev–Trinajstić information content (AvgIpc) is 2.76. The molecule has 0 aliphatic rings. The van der Waals surface area contributed by atoms with E-state index in [2.05, 4.69) is 5.32 Å². The van der Waals surface area contributed by atoms with Crippen molar-refractivity contribution in [1.82, 2.24) is 0 Å². The summed E-state index contributed by atoms with van der Waals surface area (Å²) < 4.78 is 5.06. The van der Waals surface area contributed by atoms with Gasteiger partial charge in [0.05, 0.1) is 12.2 Å². The van der Waals surface area contributed by atoms with Crippen molar-refractivity contribution in [2.24, 2.45) is 0 Å². The van der Waals surface area contributed by atoms with E-state index >= 15 is 0 Å². The lowest BCUT2D eigenvalue weighted by atomic mass is 10.1. The summed E-state index contributed by atoms with van der Waals surface area (Å²) in [5.74, 6) is -0.389. The van der Waals surface area contributed by atoms with E-state index in [4.69, 9.17) is 15.3 Å². The van der Waals surface area contributed by atoms with E-state index in [9.17, 15) is 4.79 Å². The SMILES string of the molecule is CCOC(=O)c1c(NC=C(C#N)C#N)sc(C)c1CC. The number of hydrogen-bond donors (Lipinski definition) is 1. The van der Waals surface area contributed by atoms with E-state index in [0.29, 0.717) is 23.6 Å². The monoisotopic (exact) mass is 289 g/mol. The first-order valence-corrected chi connectivity index (χ1v) is 6.96. The molecule has 0 unspecified atom stereocenters. The van der Waals surface area contributed by atoms with Crippen molar-refractivity contribution < 1.29 is 9.53 Å². The third kappa shape index (κ3) is 3.37. The fraction of sp³-hybridized carbons (Fsp3) is 0.357. The fourth-order valence-corrected chi connectivity index (χ4v) is 2.85. The molecular formula is C14H15N3O2S. The molecule has 0 aromatic carbocycles. The van der Waals surface area contributed by atoms with Crippen molar-refractivity contribution in [3.63, 3.8) is 0 Å². The first kappa shape index (κ1) is 15.7. The summed E-state index contributed by atoms with van der Waals surface area (Å²) in [5, 5.41) is 20.9. The summed E-state index contributed by atoms with van der Waals surface area (Å²) in [6, 6.07) is 3.51. The van der Waals surface area contributed by atoms with E-state index in [1.165, 1.54) is 17.5 Å². The second kappa shape index (κ2) is 7.32. The predicted octanol–water partition coefficient (Wildman–Crippen LogP) is 3.14. The van der Waals surface area contributed by atoms with Crippen molar-refractivity contribution in [2.45, 2.75) is 27.2 Å². The van der Waals surface area contributed by atoms with E-state index in [1.807, 2.05) is 13.8 Å². The molecular weight excluding hydrogens is 274 g/mol. The zero-order chi connectivity index (χ0) is 15.1. The molecule has 0 amide bonds. The van der Waals surface area contributed by atoms with Gasteiger partial charge in [0, 0.05) is 11.1 Å². The molecule has 0 aliphatic carbocycles. The Morgan fingerprint density at radius 2 is 2.05 bits per heavy atom. The maximum Gasteiger partial charge on any atom is 0.341 e. The third-order valence-corrected chi connectivity index (χ3v) is 3.71. The molecule has 1 aromatic rings. The van der Waals surface area contributed by atoms with Crippen LogP contribution >= 0.6 is 11.3 Å². The number of nitrogens with one attached hydrogen (secondary N) is 1. The molecule has 6 heteroatoms. The van der Waals surface area contributed by atoms with Crippen LogP contribution in [-0.4, -0.2) is 12.6 Å². The van der Waals surface area contributed by atoms with Crippen LogP contribution in [0.15, 0.2) is 11.8 Å². The Bertz CT molecular complexity index is 602. The number of esters is 1. The van der Waals surface area contributed by atoms with Crippen molar-refractivity contribution >= 4 is 22.3 Å². The van der Waals surface area contributed by atoms with E-state index in [1.54, 1.807) is 19.1 Å². The fourth-order valence-electron chi connectivity index (χ4n) is 1.75. The highest BCUT2D eigenvalue weighted by Crippen LogP contribution is 2.34. The van der Waals surface area contributed by atoms with Crippen molar-refractivity contribution in [3.05, 3.63) is 27.8 Å². The first-order valence-electron chi connectivity index (χ1n) is 6.15. The molecule has 0 atom stereocenters. The molecule has 0 fully saturated rings. The van der Waals surface area contributed by atoms with E-state index in [-0.39, 0.29) is 11.5 Å². The minimum atomic E-state index is -0.389. The summed E-state index contributed by atoms with van der Waals surface area (Å²) in [4.78, 5) is 13.1. The lowest BCUT2D eigenvalue weighted by molar-refractivity contribution is 0.0527. The van der Waals surface area contributed by atoms with Gasteiger partial charge < -0.3 is 10.1 Å². The highest BCUT2D eigenvalue weighted by molar-refractivity contribution is 7.16. The standard InChI is InChI=1S/C14H15N3O2S/c1-4-11-9(3)20-13(12(11)14(18)19-5-2)17-8-10(6-15)7-16/h8,17H,4-5H2,1-3H3. The van der Waals surface area contributed by atoms with Gasteiger partial charge in [-0.15, -0.1) is 11.3 Å². The van der Waals surface area contributed by atoms with Crippen LogP contribution in [0, 0.1) is 29.6 Å². The lowest BCUT2D eigenvalue weighted by Gasteiger charge is -2.06. The minimum Gasteiger partial charge on any atom is -0.462 e. The molecule has 0 spiro atoms. The molecule has 1 heterocycles. The van der Waals surface area contributed by atoms with Crippen molar-refractivity contribution in [1.29, 1.82) is 10.5 Å². The Hall–Kier alpha value is -2.31. The normalized spacial score (nSPS) is 9.25. The smallest absolute Gasteiger partial charge is 0.341 e. The quantitative estimate of drug-likeness (QED) is 0.664. The molecule has 1 rings (SSSR count). The zero-order valence-electron chi connectivity index (χ0n) is 11.6. The Morgan fingerprint density at radius 1 is 1.40 bits per heavy atom. The van der Waals surface area contributed by atoms with Crippen LogP contribution in [0.2, 0.25) is 0 Å². The van der Waals surface area contributed by atoms with Crippen LogP contribution in [0.5, 0.6) is 0 Å². The van der Waals surface area contributed by atoms with Crippen LogP contribution < -0.4 is 5.32 Å². The number of nitrogens with zero attached hydrogens (tertiary/aromatic N) is 2. The molecule has 0 aliphatic heterocycles. The maximum absolute atomic E-state index is 12.0. The summed E-state index contributed by atoms with van der Waals surface area (Å²) in [6.45, 7) is 5.94. The topological polar surface area (TPSA) is 85.9 Å². The summed E-state index contributed by atoms with van der Waals surface area (Å²) >= 11 is 1.41. The molecule has 0 radical (unpaired) electrons. The van der Waals surface area contributed by atoms with E-state index < -0.39 is 0 Å². The highest BCUT2D eigenvalue weighted by Gasteiger charge is 2.21. The largest absolute Gasteiger partial charge is 0.462 e. The van der Waals surface area contributed by atoms with Crippen LogP contribution in [-0.2, 0) is 11.2 Å². The number of aryl methyl sites for hydroxylation is 1. The van der Waals surface area contributed by atoms with Gasteiger partial charge in [0.25, 0.3) is 0 Å². The van der Waals surface area contributed by atoms with Gasteiger partial charge in [0.2, 0.25) is 0 Å². The van der Waals surface area contributed by atoms with Crippen LogP contribution in [0.25, 0.3) is 0 Å². The molecule has 5 nitrogen and oxygen atoms in total. The van der Waals surface area contributed by atoms with Gasteiger partial charge in [-0.25, -0.2) is 4.79 Å². The predicted molar refractivity (Wildman–Crippen MR) is 77.3 cm³/mol. The number of allylic oxidation sites excluding steroid dienone is 1. The summed E-state index contributed by atoms with van der Waals surface area (Å²) in [6.07, 6.45) is 2.01. The second-order valence-corrected chi connectivity index (χ2v) is 5.07. The number of hydrogen-bond acceptors (Lipinski definition) is 6. The number of rotatable bonds is 5. The first-order chi connectivity index (χ1) is 9.58. The Kier molecular flexibility index (Phi) is 5.76. The average molecular weight is 289 g/mol. The van der Waals surface area contributed by atoms with Gasteiger partial charge >= 0.3 is 5.97 Å². The summed E-state index contributed by atoms with van der Waals surface area (Å²) in [5.41, 5.74) is 1.37. The Balaban J connectivity index is 3.21. The minimum absolute atomic E-state index is 0.0519. The maximum atomic E-state index is 12.0. The van der Waals surface area contributed by atoms with Gasteiger partial charge in [-0.3, -0.25) is 0 Å². The number of carbonyl (C=O) groups excluding carboxylic acids is 1. The van der Waals surface area contributed by atoms with Crippen LogP contribution in [0.4, 0.5) is 5.00 Å². The number of nitriles is 2. The van der Waals surface area contributed by atoms with Gasteiger partial charge in [0.1, 0.15) is 22.7 Å². The molecule has 0 bridgehead atoms. The highest BCUT2D eigenvalue weighted by atomic mass is 32.1. The number of anilines is 1. The second-order valence-electron chi connectivity index (χ2n) is 3.84. The molecule has 0 saturated heterocycles. The Labute approximate surface area is 122 Å². The van der Waals surface area contributed by atoms with Crippen molar-refractivity contribution in [3.8, 4) is 12.1 Å². The molecule has 1 N–H and O–H groups in total. The summed E-state index contributed by atoms with van der Waals surface area (Å²) in [7, 11) is 0. The van der Waals surface area contributed by atoms with Gasteiger partial charge in [-0.2, -0.15) is 10.5 Å². The molecule has 104 valence electrons.